The van der Waals surface area contributed by atoms with E-state index in [4.69, 9.17) is 9.31 Å². The van der Waals surface area contributed by atoms with Crippen LogP contribution in [0, 0.1) is 0 Å². The molecule has 0 spiro atoms. The molecule has 0 unspecified atom stereocenters. The molecule has 0 saturated carbocycles. The molecular formula is C12H18BFN2O2. The van der Waals surface area contributed by atoms with Crippen molar-refractivity contribution >= 4 is 13.2 Å². The second-order valence-electron chi connectivity index (χ2n) is 5.50. The zero-order valence-electron chi connectivity index (χ0n) is 11.4. The Hall–Kier alpha value is -1.14. The monoisotopic (exact) mass is 252 g/mol. The van der Waals surface area contributed by atoms with Crippen molar-refractivity contribution in [2.75, 3.05) is 0 Å². The fraction of sp³-hybridized carbons (Fsp3) is 0.583. The predicted molar refractivity (Wildman–Crippen MR) is 68.4 cm³/mol. The number of rotatable bonds is 2. The lowest BCUT2D eigenvalue weighted by Crippen LogP contribution is -2.41. The molecule has 1 aliphatic rings. The molecule has 2 heterocycles. The molecule has 0 atom stereocenters. The molecule has 1 saturated heterocycles. The molecule has 98 valence electrons. The van der Waals surface area contributed by atoms with E-state index in [9.17, 15) is 4.39 Å². The van der Waals surface area contributed by atoms with Gasteiger partial charge in [0.1, 0.15) is 5.73 Å². The first-order chi connectivity index (χ1) is 8.23. The van der Waals surface area contributed by atoms with Crippen molar-refractivity contribution in [3.05, 3.63) is 23.7 Å². The summed E-state index contributed by atoms with van der Waals surface area (Å²) in [6.07, 6.45) is 3.00. The summed E-state index contributed by atoms with van der Waals surface area (Å²) in [4.78, 5) is 0. The van der Waals surface area contributed by atoms with E-state index in [2.05, 4.69) is 5.10 Å². The molecule has 0 amide bonds. The molecule has 0 radical (unpaired) electrons. The minimum absolute atomic E-state index is 0.447. The highest BCUT2D eigenvalue weighted by molar-refractivity contribution is 6.54. The molecule has 4 nitrogen and oxygen atoms in total. The van der Waals surface area contributed by atoms with Crippen LogP contribution in [0.5, 0.6) is 0 Å². The van der Waals surface area contributed by atoms with Crippen molar-refractivity contribution in [3.63, 3.8) is 0 Å². The minimum atomic E-state index is -0.954. The second-order valence-corrected chi connectivity index (χ2v) is 5.50. The van der Waals surface area contributed by atoms with Crippen LogP contribution in [0.2, 0.25) is 0 Å². The summed E-state index contributed by atoms with van der Waals surface area (Å²) in [5, 5.41) is 3.98. The summed E-state index contributed by atoms with van der Waals surface area (Å²) in [5.41, 5.74) is -0.843. The van der Waals surface area contributed by atoms with Gasteiger partial charge in [-0.2, -0.15) is 5.10 Å². The number of aromatic nitrogens is 2. The van der Waals surface area contributed by atoms with Gasteiger partial charge in [-0.1, -0.05) is 0 Å². The van der Waals surface area contributed by atoms with Crippen LogP contribution >= 0.6 is 0 Å². The molecule has 6 heteroatoms. The van der Waals surface area contributed by atoms with Crippen LogP contribution in [0.25, 0.3) is 6.08 Å². The summed E-state index contributed by atoms with van der Waals surface area (Å²) in [6.45, 7) is 7.57. The van der Waals surface area contributed by atoms with Crippen LogP contribution in [-0.4, -0.2) is 28.1 Å². The number of hydrogen-bond acceptors (Lipinski definition) is 3. The molecule has 1 aromatic rings. The summed E-state index contributed by atoms with van der Waals surface area (Å²) in [6, 6.07) is 1.73. The van der Waals surface area contributed by atoms with Gasteiger partial charge in [0.25, 0.3) is 0 Å². The van der Waals surface area contributed by atoms with Gasteiger partial charge in [0.15, 0.2) is 0 Å². The van der Waals surface area contributed by atoms with Gasteiger partial charge in [-0.25, -0.2) is 4.39 Å². The quantitative estimate of drug-likeness (QED) is 0.758. The maximum Gasteiger partial charge on any atom is 0.525 e. The molecular weight excluding hydrogens is 234 g/mol. The normalized spacial score (nSPS) is 22.6. The van der Waals surface area contributed by atoms with Crippen molar-refractivity contribution in [2.45, 2.75) is 38.9 Å². The summed E-state index contributed by atoms with van der Waals surface area (Å²) < 4.78 is 26.9. The molecule has 1 aliphatic heterocycles. The van der Waals surface area contributed by atoms with Gasteiger partial charge in [-0.05, 0) is 39.8 Å². The molecule has 0 N–H and O–H groups in total. The van der Waals surface area contributed by atoms with Crippen LogP contribution < -0.4 is 0 Å². The van der Waals surface area contributed by atoms with Gasteiger partial charge in [-0.3, -0.25) is 4.68 Å². The topological polar surface area (TPSA) is 36.3 Å². The molecule has 1 aromatic heterocycles. The third-order valence-corrected chi connectivity index (χ3v) is 3.62. The van der Waals surface area contributed by atoms with E-state index in [0.29, 0.717) is 5.69 Å². The smallest absolute Gasteiger partial charge is 0.398 e. The summed E-state index contributed by atoms with van der Waals surface area (Å²) in [5.74, 6) is 0. The van der Waals surface area contributed by atoms with E-state index in [1.54, 1.807) is 24.0 Å². The molecule has 0 aromatic carbocycles. The largest absolute Gasteiger partial charge is 0.525 e. The molecule has 1 fully saturated rings. The lowest BCUT2D eigenvalue weighted by molar-refractivity contribution is 0.00578. The van der Waals surface area contributed by atoms with E-state index in [1.807, 2.05) is 27.7 Å². The van der Waals surface area contributed by atoms with Gasteiger partial charge in [0, 0.05) is 13.2 Å². The van der Waals surface area contributed by atoms with Crippen LogP contribution in [0.1, 0.15) is 33.4 Å². The lowest BCUT2D eigenvalue weighted by Gasteiger charge is -2.32. The van der Waals surface area contributed by atoms with Gasteiger partial charge in [-0.15, -0.1) is 0 Å². The number of hydrogen-bond donors (Lipinski definition) is 0. The van der Waals surface area contributed by atoms with E-state index >= 15 is 0 Å². The Bertz CT molecular complexity index is 466. The maximum atomic E-state index is 14.1. The Balaban J connectivity index is 2.20. The Morgan fingerprint density at radius 3 is 2.33 bits per heavy atom. The Labute approximate surface area is 107 Å². The third-order valence-electron chi connectivity index (χ3n) is 3.62. The van der Waals surface area contributed by atoms with E-state index in [0.717, 1.165) is 0 Å². The highest BCUT2D eigenvalue weighted by Gasteiger charge is 2.53. The van der Waals surface area contributed by atoms with Crippen molar-refractivity contribution in [3.8, 4) is 0 Å². The zero-order valence-corrected chi connectivity index (χ0v) is 11.4. The van der Waals surface area contributed by atoms with Crippen molar-refractivity contribution < 1.29 is 13.7 Å². The maximum absolute atomic E-state index is 14.1. The van der Waals surface area contributed by atoms with Crippen LogP contribution in [0.3, 0.4) is 0 Å². The Morgan fingerprint density at radius 2 is 1.89 bits per heavy atom. The van der Waals surface area contributed by atoms with Crippen LogP contribution in [0.4, 0.5) is 4.39 Å². The van der Waals surface area contributed by atoms with Gasteiger partial charge < -0.3 is 9.31 Å². The Kier molecular flexibility index (Phi) is 3.11. The number of aryl methyl sites for hydroxylation is 1. The second kappa shape index (κ2) is 4.21. The van der Waals surface area contributed by atoms with Crippen molar-refractivity contribution in [2.24, 2.45) is 7.05 Å². The molecule has 0 aliphatic carbocycles. The lowest BCUT2D eigenvalue weighted by atomic mass is 9.87. The number of halogens is 1. The van der Waals surface area contributed by atoms with Gasteiger partial charge >= 0.3 is 7.12 Å². The molecule has 18 heavy (non-hydrogen) atoms. The zero-order chi connectivity index (χ0) is 13.6. The van der Waals surface area contributed by atoms with E-state index in [-0.39, 0.29) is 0 Å². The average molecular weight is 252 g/mol. The van der Waals surface area contributed by atoms with Gasteiger partial charge in [0.05, 0.1) is 16.9 Å². The van der Waals surface area contributed by atoms with Crippen LogP contribution in [-0.2, 0) is 16.4 Å². The van der Waals surface area contributed by atoms with Crippen molar-refractivity contribution in [1.82, 2.24) is 9.78 Å². The van der Waals surface area contributed by atoms with Crippen molar-refractivity contribution in [1.29, 1.82) is 0 Å². The van der Waals surface area contributed by atoms with Crippen LogP contribution in [0.15, 0.2) is 18.0 Å². The first-order valence-electron chi connectivity index (χ1n) is 5.94. The Morgan fingerprint density at radius 1 is 1.33 bits per heavy atom. The number of nitrogens with zero attached hydrogens (tertiary/aromatic N) is 2. The fourth-order valence-corrected chi connectivity index (χ4v) is 1.69. The molecule has 2 rings (SSSR count). The molecule has 0 bridgehead atoms. The first kappa shape index (κ1) is 13.3. The summed E-state index contributed by atoms with van der Waals surface area (Å²) >= 11 is 0. The predicted octanol–water partition coefficient (Wildman–Crippen LogP) is 2.36. The van der Waals surface area contributed by atoms with Gasteiger partial charge in [0.2, 0.25) is 0 Å². The SMILES string of the molecule is Cn1nccc1C=C(F)B1OC(C)(C)C(C)(C)O1. The van der Waals surface area contributed by atoms with E-state index in [1.165, 1.54) is 6.08 Å². The third kappa shape index (κ3) is 2.22. The fourth-order valence-electron chi connectivity index (χ4n) is 1.69. The minimum Gasteiger partial charge on any atom is -0.398 e. The first-order valence-corrected chi connectivity index (χ1v) is 5.94. The standard InChI is InChI=1S/C12H18BFN2O2/c1-11(2)12(3,4)18-13(17-11)10(14)8-9-6-7-15-16(9)5/h6-8H,1-5H3. The highest BCUT2D eigenvalue weighted by atomic mass is 19.1. The average Bonchev–Trinajstić information content (AvgIpc) is 2.70. The van der Waals surface area contributed by atoms with E-state index < -0.39 is 24.0 Å². The summed E-state index contributed by atoms with van der Waals surface area (Å²) in [7, 11) is 0.800. The highest BCUT2D eigenvalue weighted by Crippen LogP contribution is 2.38.